The topological polar surface area (TPSA) is 72.0 Å². The van der Waals surface area contributed by atoms with Gasteiger partial charge in [0, 0.05) is 12.8 Å². The van der Waals surface area contributed by atoms with Gasteiger partial charge in [0.1, 0.15) is 5.82 Å². The number of aromatic nitrogens is 2. The second-order valence-corrected chi connectivity index (χ2v) is 4.25. The van der Waals surface area contributed by atoms with Crippen LogP contribution in [0.4, 0.5) is 0 Å². The van der Waals surface area contributed by atoms with Crippen molar-refractivity contribution in [2.75, 3.05) is 6.61 Å². The molecule has 20 heavy (non-hydrogen) atoms. The van der Waals surface area contributed by atoms with Gasteiger partial charge in [0.05, 0.1) is 10.9 Å². The van der Waals surface area contributed by atoms with Gasteiger partial charge in [0.2, 0.25) is 0 Å². The summed E-state index contributed by atoms with van der Waals surface area (Å²) in [6.07, 6.45) is 6.29. The van der Waals surface area contributed by atoms with Crippen LogP contribution in [-0.4, -0.2) is 22.5 Å². The number of carbonyl (C=O) groups is 1. The van der Waals surface area contributed by atoms with Crippen molar-refractivity contribution in [3.05, 3.63) is 40.4 Å². The Hall–Kier alpha value is -2.61. The number of carbonyl (C=O) groups excluding carboxylic acids is 1. The molecule has 0 aliphatic rings. The second kappa shape index (κ2) is 6.53. The summed E-state index contributed by atoms with van der Waals surface area (Å²) < 4.78 is 4.76. The lowest BCUT2D eigenvalue weighted by molar-refractivity contribution is -0.142. The number of ether oxygens (including phenoxy) is 1. The molecule has 0 saturated heterocycles. The Labute approximate surface area is 116 Å². The van der Waals surface area contributed by atoms with E-state index in [1.54, 1.807) is 18.2 Å². The van der Waals surface area contributed by atoms with Gasteiger partial charge in [-0.2, -0.15) is 0 Å². The van der Waals surface area contributed by atoms with Gasteiger partial charge in [0.15, 0.2) is 6.61 Å². The van der Waals surface area contributed by atoms with Crippen molar-refractivity contribution in [1.29, 1.82) is 0 Å². The predicted octanol–water partition coefficient (Wildman–Crippen LogP) is 1.42. The molecule has 0 saturated carbocycles. The van der Waals surface area contributed by atoms with Gasteiger partial charge in [-0.05, 0) is 18.6 Å². The van der Waals surface area contributed by atoms with Gasteiger partial charge in [-0.3, -0.25) is 9.59 Å². The third kappa shape index (κ3) is 3.45. The number of rotatable bonds is 5. The van der Waals surface area contributed by atoms with Crippen LogP contribution >= 0.6 is 0 Å². The summed E-state index contributed by atoms with van der Waals surface area (Å²) >= 11 is 0. The molecule has 1 N–H and O–H groups in total. The van der Waals surface area contributed by atoms with Crippen LogP contribution in [0.5, 0.6) is 0 Å². The van der Waals surface area contributed by atoms with E-state index >= 15 is 0 Å². The molecule has 1 heterocycles. The van der Waals surface area contributed by atoms with Crippen LogP contribution < -0.4 is 5.56 Å². The molecular formula is C15H14N2O3. The highest BCUT2D eigenvalue weighted by atomic mass is 16.5. The molecule has 0 fully saturated rings. The van der Waals surface area contributed by atoms with Gasteiger partial charge in [-0.25, -0.2) is 4.98 Å². The van der Waals surface area contributed by atoms with E-state index in [0.717, 1.165) is 0 Å². The van der Waals surface area contributed by atoms with Crippen molar-refractivity contribution in [3.8, 4) is 12.3 Å². The van der Waals surface area contributed by atoms with E-state index in [1.807, 2.05) is 6.07 Å². The van der Waals surface area contributed by atoms with Crippen molar-refractivity contribution >= 4 is 16.9 Å². The average molecular weight is 270 g/mol. The number of benzene rings is 1. The van der Waals surface area contributed by atoms with Crippen LogP contribution in [0.3, 0.4) is 0 Å². The number of hydrogen-bond acceptors (Lipinski definition) is 4. The first-order chi connectivity index (χ1) is 9.70. The lowest BCUT2D eigenvalue weighted by atomic mass is 10.2. The Morgan fingerprint density at radius 1 is 1.40 bits per heavy atom. The quantitative estimate of drug-likeness (QED) is 0.659. The molecule has 0 bridgehead atoms. The average Bonchev–Trinajstić information content (AvgIpc) is 2.45. The number of para-hydroxylation sites is 1. The second-order valence-electron chi connectivity index (χ2n) is 4.25. The Morgan fingerprint density at radius 3 is 3.00 bits per heavy atom. The first kappa shape index (κ1) is 13.8. The summed E-state index contributed by atoms with van der Waals surface area (Å²) in [5.41, 5.74) is 0.488. The van der Waals surface area contributed by atoms with Crippen LogP contribution in [0.25, 0.3) is 10.9 Å². The fourth-order valence-electron chi connectivity index (χ4n) is 1.85. The molecule has 0 unspecified atom stereocenters. The molecule has 102 valence electrons. The molecule has 1 aromatic carbocycles. The van der Waals surface area contributed by atoms with E-state index in [2.05, 4.69) is 15.9 Å². The molecule has 0 aliphatic carbocycles. The summed E-state index contributed by atoms with van der Waals surface area (Å²) in [6, 6.07) is 7.13. The molecule has 0 amide bonds. The maximum Gasteiger partial charge on any atom is 0.306 e. The van der Waals surface area contributed by atoms with Crippen LogP contribution in [0.15, 0.2) is 29.1 Å². The minimum atomic E-state index is -0.342. The van der Waals surface area contributed by atoms with Crippen LogP contribution in [0.2, 0.25) is 0 Å². The molecule has 0 aliphatic heterocycles. The number of aryl methyl sites for hydroxylation is 1. The number of nitrogens with one attached hydrogen (secondary N) is 1. The largest absolute Gasteiger partial charge is 0.452 e. The van der Waals surface area contributed by atoms with Crippen molar-refractivity contribution < 1.29 is 9.53 Å². The highest BCUT2D eigenvalue weighted by Gasteiger charge is 2.05. The number of H-pyrrole nitrogens is 1. The van der Waals surface area contributed by atoms with Crippen LogP contribution in [0, 0.1) is 12.3 Å². The minimum Gasteiger partial charge on any atom is -0.452 e. The summed E-state index contributed by atoms with van der Waals surface area (Å²) in [6.45, 7) is -0.0100. The lowest BCUT2D eigenvalue weighted by Crippen LogP contribution is -2.12. The molecular weight excluding hydrogens is 256 g/mol. The summed E-state index contributed by atoms with van der Waals surface area (Å²) in [5, 5.41) is 0.560. The molecule has 2 aromatic rings. The van der Waals surface area contributed by atoms with Crippen molar-refractivity contribution in [2.24, 2.45) is 0 Å². The smallest absolute Gasteiger partial charge is 0.306 e. The first-order valence-electron chi connectivity index (χ1n) is 6.27. The normalized spacial score (nSPS) is 10.2. The number of nitrogens with zero attached hydrogens (tertiary/aromatic N) is 1. The molecule has 5 heteroatoms. The molecule has 0 spiro atoms. The predicted molar refractivity (Wildman–Crippen MR) is 75.1 cm³/mol. The maximum atomic E-state index is 11.8. The Morgan fingerprint density at radius 2 is 2.20 bits per heavy atom. The molecule has 2 rings (SSSR count). The standard InChI is InChI=1S/C15H14N2O3/c1-2-10-20-14(18)9-5-8-13-16-12-7-4-3-6-11(12)15(19)17-13/h1,3-4,6-7H,5,8-10H2,(H,16,17,19). The third-order valence-electron chi connectivity index (χ3n) is 2.77. The third-order valence-corrected chi connectivity index (χ3v) is 2.77. The monoisotopic (exact) mass is 270 g/mol. The molecule has 1 aromatic heterocycles. The minimum absolute atomic E-state index is 0.0100. The van der Waals surface area contributed by atoms with Crippen LogP contribution in [0.1, 0.15) is 18.7 Å². The van der Waals surface area contributed by atoms with E-state index < -0.39 is 0 Å². The van der Waals surface area contributed by atoms with Crippen molar-refractivity contribution in [1.82, 2.24) is 9.97 Å². The number of esters is 1. The van der Waals surface area contributed by atoms with Gasteiger partial charge in [-0.1, -0.05) is 18.1 Å². The highest BCUT2D eigenvalue weighted by Crippen LogP contribution is 2.07. The first-order valence-corrected chi connectivity index (χ1v) is 6.27. The van der Waals surface area contributed by atoms with Crippen molar-refractivity contribution in [2.45, 2.75) is 19.3 Å². The van der Waals surface area contributed by atoms with E-state index in [-0.39, 0.29) is 24.6 Å². The number of fused-ring (bicyclic) bond motifs is 1. The number of hydrogen-bond donors (Lipinski definition) is 1. The molecule has 0 atom stereocenters. The highest BCUT2D eigenvalue weighted by molar-refractivity contribution is 5.77. The van der Waals surface area contributed by atoms with E-state index in [4.69, 9.17) is 11.2 Å². The summed E-state index contributed by atoms with van der Waals surface area (Å²) in [5.74, 6) is 2.46. The van der Waals surface area contributed by atoms with Crippen molar-refractivity contribution in [3.63, 3.8) is 0 Å². The molecule has 5 nitrogen and oxygen atoms in total. The zero-order valence-corrected chi connectivity index (χ0v) is 10.9. The van der Waals surface area contributed by atoms with Gasteiger partial charge in [-0.15, -0.1) is 6.42 Å². The van der Waals surface area contributed by atoms with Gasteiger partial charge in [0.25, 0.3) is 5.56 Å². The molecule has 0 radical (unpaired) electrons. The zero-order valence-electron chi connectivity index (χ0n) is 10.9. The summed E-state index contributed by atoms with van der Waals surface area (Å²) in [7, 11) is 0. The Balaban J connectivity index is 1.99. The van der Waals surface area contributed by atoms with E-state index in [1.165, 1.54) is 0 Å². The Kier molecular flexibility index (Phi) is 4.51. The van der Waals surface area contributed by atoms with Gasteiger partial charge >= 0.3 is 5.97 Å². The Bertz CT molecular complexity index is 713. The lowest BCUT2D eigenvalue weighted by Gasteiger charge is -2.03. The fourth-order valence-corrected chi connectivity index (χ4v) is 1.85. The van der Waals surface area contributed by atoms with Crippen LogP contribution in [-0.2, 0) is 16.0 Å². The van der Waals surface area contributed by atoms with Gasteiger partial charge < -0.3 is 9.72 Å². The maximum absolute atomic E-state index is 11.8. The zero-order chi connectivity index (χ0) is 14.4. The van der Waals surface area contributed by atoms with E-state index in [9.17, 15) is 9.59 Å². The fraction of sp³-hybridized carbons (Fsp3) is 0.267. The number of terminal acetylenes is 1. The number of aromatic amines is 1. The summed E-state index contributed by atoms with van der Waals surface area (Å²) in [4.78, 5) is 30.2. The van der Waals surface area contributed by atoms with E-state index in [0.29, 0.717) is 29.6 Å². The SMILES string of the molecule is C#CCOC(=O)CCCc1nc2ccccc2c(=O)[nH]1.